The second-order valence-electron chi connectivity index (χ2n) is 6.46. The number of benzene rings is 1. The van der Waals surface area contributed by atoms with Crippen LogP contribution in [-0.2, 0) is 16.1 Å². The van der Waals surface area contributed by atoms with Gasteiger partial charge in [-0.3, -0.25) is 9.59 Å². The molecule has 27 heavy (non-hydrogen) atoms. The number of rotatable bonds is 8. The molecule has 0 aliphatic rings. The third kappa shape index (κ3) is 4.55. The summed E-state index contributed by atoms with van der Waals surface area (Å²) in [5, 5.41) is 16.4. The Hall–Kier alpha value is -3.10. The molecule has 2 N–H and O–H groups in total. The molecule has 0 spiro atoms. The Labute approximate surface area is 155 Å². The van der Waals surface area contributed by atoms with Crippen LogP contribution in [0.15, 0.2) is 23.1 Å². The van der Waals surface area contributed by atoms with Gasteiger partial charge in [0.15, 0.2) is 11.5 Å². The topological polar surface area (TPSA) is 120 Å². The predicted molar refractivity (Wildman–Crippen MR) is 98.1 cm³/mol. The molecule has 146 valence electrons. The van der Waals surface area contributed by atoms with E-state index >= 15 is 0 Å². The van der Waals surface area contributed by atoms with Crippen molar-refractivity contribution >= 4 is 22.6 Å². The molecule has 0 aliphatic heterocycles. The summed E-state index contributed by atoms with van der Waals surface area (Å²) in [6.07, 6.45) is 1.72. The number of carbonyl (C=O) groups is 2. The van der Waals surface area contributed by atoms with Crippen LogP contribution in [0.2, 0.25) is 0 Å². The molecule has 2 rings (SSSR count). The number of carbonyl (C=O) groups excluding carboxylic acids is 1. The summed E-state index contributed by atoms with van der Waals surface area (Å²) in [4.78, 5) is 36.3. The summed E-state index contributed by atoms with van der Waals surface area (Å²) in [7, 11) is 2.87. The molecule has 1 aromatic heterocycles. The van der Waals surface area contributed by atoms with E-state index in [9.17, 15) is 19.5 Å². The Morgan fingerprint density at radius 3 is 2.52 bits per heavy atom. The molecule has 0 aliphatic carbocycles. The zero-order valence-electron chi connectivity index (χ0n) is 15.7. The molecule has 1 aromatic carbocycles. The maximum absolute atomic E-state index is 12.8. The number of ether oxygens (including phenoxy) is 2. The monoisotopic (exact) mass is 377 g/mol. The van der Waals surface area contributed by atoms with E-state index in [-0.39, 0.29) is 23.5 Å². The van der Waals surface area contributed by atoms with Gasteiger partial charge in [0.2, 0.25) is 5.91 Å². The Morgan fingerprint density at radius 2 is 1.96 bits per heavy atom. The lowest BCUT2D eigenvalue weighted by atomic mass is 10.0. The van der Waals surface area contributed by atoms with Gasteiger partial charge < -0.3 is 19.9 Å². The Kier molecular flexibility index (Phi) is 6.38. The van der Waals surface area contributed by atoms with Gasteiger partial charge in [-0.1, -0.05) is 13.8 Å². The van der Waals surface area contributed by atoms with Gasteiger partial charge in [-0.2, -0.15) is 5.10 Å². The van der Waals surface area contributed by atoms with Gasteiger partial charge >= 0.3 is 5.97 Å². The molecule has 0 unspecified atom stereocenters. The smallest absolute Gasteiger partial charge is 0.326 e. The molecule has 0 saturated heterocycles. The first-order valence-electron chi connectivity index (χ1n) is 8.41. The van der Waals surface area contributed by atoms with E-state index in [0.29, 0.717) is 11.1 Å². The SMILES string of the molecule is COc1ccc2cnn(CC(=O)N[C@H](CC(C)C)C(=O)O)c(=O)c2c1OC. The quantitative estimate of drug-likeness (QED) is 0.705. The first kappa shape index (κ1) is 20.2. The molecule has 1 heterocycles. The normalized spacial score (nSPS) is 12.0. The van der Waals surface area contributed by atoms with E-state index in [4.69, 9.17) is 9.47 Å². The third-order valence-electron chi connectivity index (χ3n) is 4.00. The molecule has 9 nitrogen and oxygen atoms in total. The number of fused-ring (bicyclic) bond motifs is 1. The van der Waals surface area contributed by atoms with E-state index < -0.39 is 30.0 Å². The number of hydrogen-bond donors (Lipinski definition) is 2. The fraction of sp³-hybridized carbons (Fsp3) is 0.444. The summed E-state index contributed by atoms with van der Waals surface area (Å²) in [6, 6.07) is 2.30. The molecule has 0 radical (unpaired) electrons. The van der Waals surface area contributed by atoms with Gasteiger partial charge in [-0.25, -0.2) is 9.48 Å². The number of methoxy groups -OCH3 is 2. The average Bonchev–Trinajstić information content (AvgIpc) is 2.62. The molecule has 0 saturated carbocycles. The number of carboxylic acids is 1. The van der Waals surface area contributed by atoms with Crippen LogP contribution in [0.4, 0.5) is 0 Å². The molecule has 0 fully saturated rings. The van der Waals surface area contributed by atoms with Crippen molar-refractivity contribution in [2.45, 2.75) is 32.9 Å². The molecular weight excluding hydrogens is 354 g/mol. The zero-order valence-corrected chi connectivity index (χ0v) is 15.7. The van der Waals surface area contributed by atoms with Crippen LogP contribution in [0.1, 0.15) is 20.3 Å². The number of nitrogens with one attached hydrogen (secondary N) is 1. The largest absolute Gasteiger partial charge is 0.493 e. The fourth-order valence-corrected chi connectivity index (χ4v) is 2.77. The van der Waals surface area contributed by atoms with E-state index in [0.717, 1.165) is 4.68 Å². The maximum Gasteiger partial charge on any atom is 0.326 e. The van der Waals surface area contributed by atoms with Crippen molar-refractivity contribution in [1.82, 2.24) is 15.1 Å². The average molecular weight is 377 g/mol. The summed E-state index contributed by atoms with van der Waals surface area (Å²) in [6.45, 7) is 3.31. The van der Waals surface area contributed by atoms with E-state index in [2.05, 4.69) is 10.4 Å². The van der Waals surface area contributed by atoms with Gasteiger partial charge in [-0.15, -0.1) is 0 Å². The lowest BCUT2D eigenvalue weighted by Crippen LogP contribution is -2.44. The Bertz CT molecular complexity index is 906. The minimum absolute atomic E-state index is 0.0876. The second kappa shape index (κ2) is 8.52. The fourth-order valence-electron chi connectivity index (χ4n) is 2.77. The standard InChI is InChI=1S/C18H23N3O6/c1-10(2)7-12(18(24)25)20-14(22)9-21-17(23)15-11(8-19-21)5-6-13(26-3)16(15)27-4/h5-6,8,10,12H,7,9H2,1-4H3,(H,20,22)(H,24,25)/t12-/m1/s1. The zero-order chi connectivity index (χ0) is 20.1. The van der Waals surface area contributed by atoms with Crippen molar-refractivity contribution in [3.63, 3.8) is 0 Å². The van der Waals surface area contributed by atoms with Crippen molar-refractivity contribution in [1.29, 1.82) is 0 Å². The van der Waals surface area contributed by atoms with Gasteiger partial charge in [0, 0.05) is 5.39 Å². The molecule has 1 amide bonds. The predicted octanol–water partition coefficient (Wildman–Crippen LogP) is 1.03. The van der Waals surface area contributed by atoms with Gasteiger partial charge in [0.1, 0.15) is 12.6 Å². The highest BCUT2D eigenvalue weighted by atomic mass is 16.5. The van der Waals surface area contributed by atoms with Crippen LogP contribution < -0.4 is 20.3 Å². The van der Waals surface area contributed by atoms with E-state index in [1.54, 1.807) is 12.1 Å². The highest BCUT2D eigenvalue weighted by Gasteiger charge is 2.22. The van der Waals surface area contributed by atoms with Gasteiger partial charge in [0.25, 0.3) is 5.56 Å². The molecular formula is C18H23N3O6. The number of aromatic nitrogens is 2. The number of aliphatic carboxylic acids is 1. The van der Waals surface area contributed by atoms with Crippen molar-refractivity contribution in [2.75, 3.05) is 14.2 Å². The van der Waals surface area contributed by atoms with Crippen molar-refractivity contribution in [3.05, 3.63) is 28.7 Å². The van der Waals surface area contributed by atoms with Crippen LogP contribution in [-0.4, -0.2) is 47.0 Å². The second-order valence-corrected chi connectivity index (χ2v) is 6.46. The minimum atomic E-state index is -1.12. The third-order valence-corrected chi connectivity index (χ3v) is 4.00. The van der Waals surface area contributed by atoms with Crippen LogP contribution >= 0.6 is 0 Å². The maximum atomic E-state index is 12.8. The van der Waals surface area contributed by atoms with Crippen LogP contribution in [0.3, 0.4) is 0 Å². The molecule has 9 heteroatoms. The first-order chi connectivity index (χ1) is 12.8. The molecule has 0 bridgehead atoms. The highest BCUT2D eigenvalue weighted by molar-refractivity contribution is 5.89. The summed E-state index contributed by atoms with van der Waals surface area (Å²) in [5.74, 6) is -1.02. The summed E-state index contributed by atoms with van der Waals surface area (Å²) < 4.78 is 11.4. The minimum Gasteiger partial charge on any atom is -0.493 e. The summed E-state index contributed by atoms with van der Waals surface area (Å²) in [5.41, 5.74) is -0.533. The van der Waals surface area contributed by atoms with E-state index in [1.807, 2.05) is 13.8 Å². The Balaban J connectivity index is 2.34. The highest BCUT2D eigenvalue weighted by Crippen LogP contribution is 2.32. The van der Waals surface area contributed by atoms with Gasteiger partial charge in [0.05, 0.1) is 25.8 Å². The van der Waals surface area contributed by atoms with Crippen molar-refractivity contribution in [3.8, 4) is 11.5 Å². The Morgan fingerprint density at radius 1 is 1.26 bits per heavy atom. The number of hydrogen-bond acceptors (Lipinski definition) is 6. The number of amides is 1. The van der Waals surface area contributed by atoms with Gasteiger partial charge in [-0.05, 0) is 24.5 Å². The van der Waals surface area contributed by atoms with Crippen LogP contribution in [0, 0.1) is 5.92 Å². The molecule has 1 atom stereocenters. The first-order valence-corrected chi connectivity index (χ1v) is 8.41. The van der Waals surface area contributed by atoms with Crippen LogP contribution in [0.5, 0.6) is 11.5 Å². The van der Waals surface area contributed by atoms with Crippen LogP contribution in [0.25, 0.3) is 10.8 Å². The van der Waals surface area contributed by atoms with Crippen molar-refractivity contribution < 1.29 is 24.2 Å². The lowest BCUT2D eigenvalue weighted by Gasteiger charge is -2.17. The van der Waals surface area contributed by atoms with E-state index in [1.165, 1.54) is 20.4 Å². The summed E-state index contributed by atoms with van der Waals surface area (Å²) >= 11 is 0. The number of carboxylic acid groups (broad SMARTS) is 1. The molecule has 2 aromatic rings. The number of nitrogens with zero attached hydrogens (tertiary/aromatic N) is 2. The van der Waals surface area contributed by atoms with Crippen molar-refractivity contribution in [2.24, 2.45) is 5.92 Å². The lowest BCUT2D eigenvalue weighted by molar-refractivity contribution is -0.142.